The van der Waals surface area contributed by atoms with E-state index in [0.29, 0.717) is 0 Å². The Labute approximate surface area is 110 Å². The zero-order valence-corrected chi connectivity index (χ0v) is 11.5. The van der Waals surface area contributed by atoms with Gasteiger partial charge in [-0.25, -0.2) is 0 Å². The molecule has 3 nitrogen and oxygen atoms in total. The molecular weight excluding hydrogens is 236 g/mol. The van der Waals surface area contributed by atoms with Gasteiger partial charge < -0.3 is 4.74 Å². The van der Waals surface area contributed by atoms with Crippen LogP contribution in [0, 0.1) is 0 Å². The van der Waals surface area contributed by atoms with Gasteiger partial charge in [-0.2, -0.15) is 0 Å². The molecule has 0 aromatic heterocycles. The highest BCUT2D eigenvalue weighted by molar-refractivity contribution is 6.17. The topological polar surface area (TPSA) is 15.7 Å². The van der Waals surface area contributed by atoms with E-state index in [1.165, 1.54) is 38.9 Å². The van der Waals surface area contributed by atoms with Crippen LogP contribution in [0.5, 0.6) is 0 Å². The van der Waals surface area contributed by atoms with Crippen molar-refractivity contribution in [2.24, 2.45) is 0 Å². The van der Waals surface area contributed by atoms with E-state index >= 15 is 0 Å². The van der Waals surface area contributed by atoms with Gasteiger partial charge in [-0.05, 0) is 25.8 Å². The predicted octanol–water partition coefficient (Wildman–Crippen LogP) is 1.80. The molecule has 0 aromatic rings. The molecule has 1 heterocycles. The molecule has 2 aliphatic rings. The fourth-order valence-corrected chi connectivity index (χ4v) is 2.71. The maximum Gasteiger partial charge on any atom is 0.0594 e. The molecule has 1 saturated carbocycles. The van der Waals surface area contributed by atoms with Crippen LogP contribution in [0.4, 0.5) is 0 Å². The molecule has 0 radical (unpaired) electrons. The van der Waals surface area contributed by atoms with Crippen molar-refractivity contribution in [2.45, 2.75) is 31.7 Å². The van der Waals surface area contributed by atoms with E-state index in [9.17, 15) is 0 Å². The summed E-state index contributed by atoms with van der Waals surface area (Å²) in [6, 6.07) is 0.847. The van der Waals surface area contributed by atoms with Gasteiger partial charge in [-0.1, -0.05) is 6.42 Å². The number of morpholine rings is 1. The van der Waals surface area contributed by atoms with E-state index in [-0.39, 0.29) is 0 Å². The first-order valence-electron chi connectivity index (χ1n) is 7.00. The lowest BCUT2D eigenvalue weighted by Crippen LogP contribution is -2.46. The average molecular weight is 261 g/mol. The third-order valence-corrected chi connectivity index (χ3v) is 4.24. The summed E-state index contributed by atoms with van der Waals surface area (Å²) in [5.74, 6) is 0.792. The Bertz CT molecular complexity index is 206. The lowest BCUT2D eigenvalue weighted by molar-refractivity contribution is 0.0270. The van der Waals surface area contributed by atoms with Gasteiger partial charge in [0.1, 0.15) is 0 Å². The summed E-state index contributed by atoms with van der Waals surface area (Å²) < 4.78 is 5.38. The van der Waals surface area contributed by atoms with Crippen LogP contribution in [0.2, 0.25) is 0 Å². The first-order chi connectivity index (χ1) is 8.40. The van der Waals surface area contributed by atoms with Crippen LogP contribution in [0.25, 0.3) is 0 Å². The average Bonchev–Trinajstić information content (AvgIpc) is 2.31. The Morgan fingerprint density at radius 2 is 1.94 bits per heavy atom. The lowest BCUT2D eigenvalue weighted by atomic mass is 9.91. The van der Waals surface area contributed by atoms with Crippen LogP contribution in [-0.4, -0.2) is 67.7 Å². The van der Waals surface area contributed by atoms with E-state index in [4.69, 9.17) is 16.3 Å². The molecule has 0 unspecified atom stereocenters. The first kappa shape index (κ1) is 13.6. The van der Waals surface area contributed by atoms with E-state index in [1.54, 1.807) is 0 Å². The van der Waals surface area contributed by atoms with Crippen molar-refractivity contribution in [1.29, 1.82) is 0 Å². The minimum atomic E-state index is 0.792. The van der Waals surface area contributed by atoms with Gasteiger partial charge in [0.15, 0.2) is 0 Å². The van der Waals surface area contributed by atoms with Gasteiger partial charge in [-0.15, -0.1) is 11.6 Å². The van der Waals surface area contributed by atoms with E-state index < -0.39 is 0 Å². The number of ether oxygens (including phenoxy) is 1. The first-order valence-corrected chi connectivity index (χ1v) is 7.53. The minimum absolute atomic E-state index is 0.792. The molecule has 0 spiro atoms. The molecule has 0 amide bonds. The highest BCUT2D eigenvalue weighted by Gasteiger charge is 2.24. The fourth-order valence-electron chi connectivity index (χ4n) is 2.59. The number of rotatable bonds is 7. The van der Waals surface area contributed by atoms with Gasteiger partial charge in [0.2, 0.25) is 0 Å². The molecule has 0 aromatic carbocycles. The van der Waals surface area contributed by atoms with Crippen LogP contribution in [-0.2, 0) is 4.74 Å². The number of nitrogens with zero attached hydrogens (tertiary/aromatic N) is 2. The fraction of sp³-hybridized carbons (Fsp3) is 1.00. The van der Waals surface area contributed by atoms with Crippen LogP contribution >= 0.6 is 11.6 Å². The summed E-state index contributed by atoms with van der Waals surface area (Å²) in [4.78, 5) is 5.18. The molecule has 2 rings (SSSR count). The third kappa shape index (κ3) is 4.40. The van der Waals surface area contributed by atoms with Crippen LogP contribution < -0.4 is 0 Å². The molecule has 4 heteroatoms. The molecule has 0 bridgehead atoms. The van der Waals surface area contributed by atoms with Crippen LogP contribution in [0.3, 0.4) is 0 Å². The Morgan fingerprint density at radius 1 is 1.18 bits per heavy atom. The van der Waals surface area contributed by atoms with Crippen molar-refractivity contribution in [3.05, 3.63) is 0 Å². The van der Waals surface area contributed by atoms with Crippen molar-refractivity contribution >= 4 is 11.6 Å². The monoisotopic (exact) mass is 260 g/mol. The molecule has 1 aliphatic carbocycles. The quantitative estimate of drug-likeness (QED) is 0.650. The van der Waals surface area contributed by atoms with Gasteiger partial charge in [0.05, 0.1) is 13.2 Å². The summed E-state index contributed by atoms with van der Waals surface area (Å²) in [6.07, 6.45) is 5.33. The zero-order valence-electron chi connectivity index (χ0n) is 10.7. The van der Waals surface area contributed by atoms with Crippen molar-refractivity contribution in [1.82, 2.24) is 9.80 Å². The molecule has 0 N–H and O–H groups in total. The second-order valence-corrected chi connectivity index (χ2v) is 5.50. The van der Waals surface area contributed by atoms with E-state index in [1.807, 2.05) is 0 Å². The van der Waals surface area contributed by atoms with E-state index in [0.717, 1.165) is 44.6 Å². The zero-order chi connectivity index (χ0) is 11.9. The molecule has 0 atom stereocenters. The highest BCUT2D eigenvalue weighted by atomic mass is 35.5. The van der Waals surface area contributed by atoms with Crippen LogP contribution in [0.1, 0.15) is 25.7 Å². The summed E-state index contributed by atoms with van der Waals surface area (Å²) in [7, 11) is 0. The maximum atomic E-state index is 5.81. The normalized spacial score (nSPS) is 22.9. The summed E-state index contributed by atoms with van der Waals surface area (Å²) in [5.41, 5.74) is 0. The predicted molar refractivity (Wildman–Crippen MR) is 71.8 cm³/mol. The summed E-state index contributed by atoms with van der Waals surface area (Å²) in [6.45, 7) is 7.61. The van der Waals surface area contributed by atoms with Gasteiger partial charge in [-0.3, -0.25) is 9.80 Å². The Balaban J connectivity index is 1.67. The number of halogens is 1. The Hall–Kier alpha value is 0.170. The molecule has 1 saturated heterocycles. The molecule has 1 aliphatic heterocycles. The SMILES string of the molecule is ClCCCN(CCN1CCOCC1)C1CCC1. The molecule has 17 heavy (non-hydrogen) atoms. The van der Waals surface area contributed by atoms with Crippen LogP contribution in [0.15, 0.2) is 0 Å². The maximum absolute atomic E-state index is 5.81. The molecule has 2 fully saturated rings. The smallest absolute Gasteiger partial charge is 0.0594 e. The van der Waals surface area contributed by atoms with Crippen molar-refractivity contribution in [3.8, 4) is 0 Å². The highest BCUT2D eigenvalue weighted by Crippen LogP contribution is 2.24. The molecule has 100 valence electrons. The van der Waals surface area contributed by atoms with Crippen molar-refractivity contribution < 1.29 is 4.74 Å². The number of hydrogen-bond acceptors (Lipinski definition) is 3. The standard InChI is InChI=1S/C13H25ClN2O/c14-5-2-6-16(13-3-1-4-13)8-7-15-9-11-17-12-10-15/h13H,1-12H2. The van der Waals surface area contributed by atoms with Crippen molar-refractivity contribution in [2.75, 3.05) is 51.8 Å². The molecular formula is C13H25ClN2O. The van der Waals surface area contributed by atoms with Gasteiger partial charge in [0.25, 0.3) is 0 Å². The third-order valence-electron chi connectivity index (χ3n) is 3.98. The second-order valence-electron chi connectivity index (χ2n) is 5.12. The van der Waals surface area contributed by atoms with Gasteiger partial charge >= 0.3 is 0 Å². The number of alkyl halides is 1. The minimum Gasteiger partial charge on any atom is -0.379 e. The Morgan fingerprint density at radius 3 is 2.53 bits per heavy atom. The second kappa shape index (κ2) is 7.57. The Kier molecular flexibility index (Phi) is 6.06. The number of hydrogen-bond donors (Lipinski definition) is 0. The summed E-state index contributed by atoms with van der Waals surface area (Å²) >= 11 is 5.81. The largest absolute Gasteiger partial charge is 0.379 e. The van der Waals surface area contributed by atoms with Gasteiger partial charge in [0, 0.05) is 38.1 Å². The van der Waals surface area contributed by atoms with E-state index in [2.05, 4.69) is 9.80 Å². The van der Waals surface area contributed by atoms with Crippen molar-refractivity contribution in [3.63, 3.8) is 0 Å². The summed E-state index contributed by atoms with van der Waals surface area (Å²) in [5, 5.41) is 0. The lowest BCUT2D eigenvalue weighted by Gasteiger charge is -2.39.